The summed E-state index contributed by atoms with van der Waals surface area (Å²) in [6.45, 7) is 8.69. The number of hydrogen-bond acceptors (Lipinski definition) is 2. The van der Waals surface area contributed by atoms with Crippen LogP contribution in [0.2, 0.25) is 0 Å². The molecule has 1 aromatic carbocycles. The van der Waals surface area contributed by atoms with E-state index >= 15 is 0 Å². The molecule has 1 aromatic heterocycles. The van der Waals surface area contributed by atoms with E-state index in [0.717, 1.165) is 56.9 Å². The SMILES string of the molecule is CCCCCC(C)C(CC(CC(C)CCC)c1ccncc1)c1ccc(CSCCC(F)(F)C(F)(F)C(F)(F)C(F)(F)C(F)(F)C(F)(F)F)cc1. The molecule has 0 aliphatic heterocycles. The molecule has 0 amide bonds. The van der Waals surface area contributed by atoms with Crippen LogP contribution in [0.3, 0.4) is 0 Å². The lowest BCUT2D eigenvalue weighted by Crippen LogP contribution is -2.70. The van der Waals surface area contributed by atoms with Gasteiger partial charge >= 0.3 is 35.8 Å². The molecule has 0 saturated heterocycles. The van der Waals surface area contributed by atoms with Crippen molar-refractivity contribution in [2.24, 2.45) is 11.8 Å². The van der Waals surface area contributed by atoms with Gasteiger partial charge in [0.1, 0.15) is 0 Å². The van der Waals surface area contributed by atoms with Crippen molar-refractivity contribution >= 4 is 11.8 Å². The van der Waals surface area contributed by atoms with Gasteiger partial charge in [0, 0.05) is 24.6 Å². The number of hydrogen-bond donors (Lipinski definition) is 0. The molecular weight excluding hydrogens is 725 g/mol. The Morgan fingerprint density at radius 3 is 1.73 bits per heavy atom. The first-order valence-corrected chi connectivity index (χ1v) is 18.2. The molecule has 292 valence electrons. The maximum atomic E-state index is 14.2. The summed E-state index contributed by atoms with van der Waals surface area (Å²) in [5, 5.41) is 0. The van der Waals surface area contributed by atoms with Crippen molar-refractivity contribution in [3.8, 4) is 0 Å². The molecule has 2 rings (SSSR count). The summed E-state index contributed by atoms with van der Waals surface area (Å²) in [5.41, 5.74) is 2.75. The van der Waals surface area contributed by atoms with E-state index in [0.29, 0.717) is 29.2 Å². The molecule has 0 aliphatic carbocycles. The highest BCUT2D eigenvalue weighted by Crippen LogP contribution is 2.60. The van der Waals surface area contributed by atoms with Gasteiger partial charge in [0.15, 0.2) is 0 Å². The van der Waals surface area contributed by atoms with Crippen LogP contribution >= 0.6 is 11.8 Å². The van der Waals surface area contributed by atoms with Crippen molar-refractivity contribution in [3.05, 3.63) is 65.5 Å². The lowest BCUT2D eigenvalue weighted by molar-refractivity contribution is -0.439. The predicted molar refractivity (Wildman–Crippen MR) is 174 cm³/mol. The van der Waals surface area contributed by atoms with Crippen LogP contribution in [-0.2, 0) is 5.75 Å². The third-order valence-corrected chi connectivity index (χ3v) is 10.4. The molecule has 0 fully saturated rings. The number of thioether (sulfide) groups is 1. The van der Waals surface area contributed by atoms with Gasteiger partial charge in [0.2, 0.25) is 0 Å². The molecule has 1 nitrogen and oxygen atoms in total. The second kappa shape index (κ2) is 18.2. The van der Waals surface area contributed by atoms with Crippen LogP contribution in [-0.4, -0.2) is 46.5 Å². The average Bonchev–Trinajstić information content (AvgIpc) is 3.05. The Bertz CT molecular complexity index is 1300. The van der Waals surface area contributed by atoms with Crippen molar-refractivity contribution in [1.29, 1.82) is 0 Å². The van der Waals surface area contributed by atoms with E-state index in [9.17, 15) is 57.1 Å². The fourth-order valence-electron chi connectivity index (χ4n) is 6.23. The molecule has 2 aromatic rings. The van der Waals surface area contributed by atoms with E-state index in [2.05, 4.69) is 32.7 Å². The molecular formula is C36H46F13NS. The zero-order valence-corrected chi connectivity index (χ0v) is 29.8. The Kier molecular flexibility index (Phi) is 16.1. The van der Waals surface area contributed by atoms with E-state index in [-0.39, 0.29) is 17.6 Å². The number of unbranched alkanes of at least 4 members (excludes halogenated alkanes) is 2. The molecule has 0 bridgehead atoms. The van der Waals surface area contributed by atoms with Crippen molar-refractivity contribution in [1.82, 2.24) is 4.98 Å². The first-order chi connectivity index (χ1) is 23.5. The van der Waals surface area contributed by atoms with Crippen LogP contribution in [0.1, 0.15) is 114 Å². The second-order valence-corrected chi connectivity index (χ2v) is 14.6. The molecule has 1 heterocycles. The predicted octanol–water partition coefficient (Wildman–Crippen LogP) is 13.7. The van der Waals surface area contributed by atoms with Crippen LogP contribution in [0, 0.1) is 11.8 Å². The molecule has 4 atom stereocenters. The fourth-order valence-corrected chi connectivity index (χ4v) is 7.20. The third kappa shape index (κ3) is 10.7. The zero-order chi connectivity index (χ0) is 38.9. The molecule has 15 heteroatoms. The van der Waals surface area contributed by atoms with Crippen LogP contribution in [0.25, 0.3) is 0 Å². The minimum absolute atomic E-state index is 0.0917. The molecule has 0 saturated carbocycles. The van der Waals surface area contributed by atoms with Gasteiger partial charge in [0.25, 0.3) is 0 Å². The van der Waals surface area contributed by atoms with Crippen LogP contribution in [0.15, 0.2) is 48.8 Å². The van der Waals surface area contributed by atoms with Crippen molar-refractivity contribution in [2.75, 3.05) is 5.75 Å². The van der Waals surface area contributed by atoms with Crippen LogP contribution in [0.4, 0.5) is 57.1 Å². The van der Waals surface area contributed by atoms with E-state index < -0.39 is 48.0 Å². The van der Waals surface area contributed by atoms with E-state index in [4.69, 9.17) is 0 Å². The van der Waals surface area contributed by atoms with Crippen molar-refractivity contribution < 1.29 is 57.1 Å². The Hall–Kier alpha value is -2.19. The number of nitrogens with zero attached hydrogens (tertiary/aromatic N) is 1. The van der Waals surface area contributed by atoms with Gasteiger partial charge in [-0.25, -0.2) is 0 Å². The zero-order valence-electron chi connectivity index (χ0n) is 29.0. The highest BCUT2D eigenvalue weighted by molar-refractivity contribution is 7.98. The molecule has 0 aliphatic rings. The minimum Gasteiger partial charge on any atom is -0.265 e. The van der Waals surface area contributed by atoms with E-state index in [1.165, 1.54) is 5.56 Å². The normalized spacial score (nSPS) is 16.2. The Morgan fingerprint density at radius 2 is 1.20 bits per heavy atom. The Morgan fingerprint density at radius 1 is 0.627 bits per heavy atom. The van der Waals surface area contributed by atoms with Gasteiger partial charge in [-0.2, -0.15) is 68.8 Å². The van der Waals surface area contributed by atoms with Gasteiger partial charge in [-0.3, -0.25) is 4.98 Å². The summed E-state index contributed by atoms with van der Waals surface area (Å²) in [6.07, 6.45) is 2.06. The minimum atomic E-state index is -7.88. The van der Waals surface area contributed by atoms with Crippen molar-refractivity contribution in [3.63, 3.8) is 0 Å². The lowest BCUT2D eigenvalue weighted by Gasteiger charge is -2.39. The summed E-state index contributed by atoms with van der Waals surface area (Å²) in [7, 11) is 0. The largest absolute Gasteiger partial charge is 0.460 e. The summed E-state index contributed by atoms with van der Waals surface area (Å²) in [4.78, 5) is 4.16. The summed E-state index contributed by atoms with van der Waals surface area (Å²) in [6, 6.07) is 11.2. The average molecular weight is 772 g/mol. The standard InChI is InChI=1S/C36H46F13NS/c1-5-7-8-10-25(4)30(22-29(21-24(3)9-6-2)27-15-18-50-19-16-27)28-13-11-26(12-14-28)23-51-20-17-31(37,38)32(39,40)33(41,42)34(43,44)35(45,46)36(47,48)49/h11-16,18-19,24-25,29-30H,5-10,17,20-23H2,1-4H3. The molecule has 4 unspecified atom stereocenters. The monoisotopic (exact) mass is 771 g/mol. The van der Waals surface area contributed by atoms with Gasteiger partial charge < -0.3 is 0 Å². The second-order valence-electron chi connectivity index (χ2n) is 13.5. The number of aromatic nitrogens is 1. The summed E-state index contributed by atoms with van der Waals surface area (Å²) >= 11 is 0.551. The van der Waals surface area contributed by atoms with E-state index in [1.54, 1.807) is 24.5 Å². The van der Waals surface area contributed by atoms with Crippen LogP contribution < -0.4 is 0 Å². The van der Waals surface area contributed by atoms with Gasteiger partial charge in [-0.15, -0.1) is 0 Å². The quantitative estimate of drug-likeness (QED) is 0.0873. The number of halogens is 13. The lowest BCUT2D eigenvalue weighted by atomic mass is 9.74. The fraction of sp³-hybridized carbons (Fsp3) is 0.694. The van der Waals surface area contributed by atoms with Crippen LogP contribution in [0.5, 0.6) is 0 Å². The highest BCUT2D eigenvalue weighted by atomic mass is 32.2. The molecule has 0 radical (unpaired) electrons. The first-order valence-electron chi connectivity index (χ1n) is 17.0. The number of rotatable bonds is 22. The highest BCUT2D eigenvalue weighted by Gasteiger charge is 2.90. The molecule has 0 N–H and O–H groups in total. The Labute approximate surface area is 295 Å². The maximum Gasteiger partial charge on any atom is 0.460 e. The third-order valence-electron chi connectivity index (χ3n) is 9.37. The number of benzene rings is 1. The summed E-state index contributed by atoms with van der Waals surface area (Å²) in [5.74, 6) is -36.6. The van der Waals surface area contributed by atoms with Gasteiger partial charge in [0.05, 0.1) is 0 Å². The topological polar surface area (TPSA) is 12.9 Å². The summed E-state index contributed by atoms with van der Waals surface area (Å²) < 4.78 is 174. The number of alkyl halides is 13. The Balaban J connectivity index is 2.20. The van der Waals surface area contributed by atoms with Crippen molar-refractivity contribution in [2.45, 2.75) is 139 Å². The van der Waals surface area contributed by atoms with Gasteiger partial charge in [-0.1, -0.05) is 90.5 Å². The smallest absolute Gasteiger partial charge is 0.265 e. The maximum absolute atomic E-state index is 14.2. The molecule has 0 spiro atoms. The first kappa shape index (κ1) is 45.0. The van der Waals surface area contributed by atoms with Gasteiger partial charge in [-0.05, 0) is 71.1 Å². The van der Waals surface area contributed by atoms with E-state index in [1.807, 2.05) is 24.3 Å². The molecule has 51 heavy (non-hydrogen) atoms. The number of pyridine rings is 1.